The smallest absolute Gasteiger partial charge is 0.272 e. The fourth-order valence-electron chi connectivity index (χ4n) is 2.10. The van der Waals surface area contributed by atoms with Crippen LogP contribution in [0.4, 0.5) is 0 Å². The lowest BCUT2D eigenvalue weighted by atomic mass is 10.2. The molecule has 1 atom stereocenters. The van der Waals surface area contributed by atoms with E-state index < -0.39 is 0 Å². The molecule has 7 heteroatoms. The van der Waals surface area contributed by atoms with Crippen molar-refractivity contribution in [2.75, 3.05) is 0 Å². The maximum absolute atomic E-state index is 12.0. The van der Waals surface area contributed by atoms with E-state index in [9.17, 15) is 4.79 Å². The van der Waals surface area contributed by atoms with Gasteiger partial charge in [-0.05, 0) is 29.3 Å². The zero-order valence-corrected chi connectivity index (χ0v) is 12.1. The molecule has 2 N–H and O–H groups in total. The number of hydrogen-bond acceptors (Lipinski definition) is 5. The van der Waals surface area contributed by atoms with E-state index in [0.717, 1.165) is 0 Å². The Hall–Kier alpha value is -2.43. The number of aromatic amines is 1. The molecule has 3 aromatic rings. The van der Waals surface area contributed by atoms with Gasteiger partial charge in [-0.2, -0.15) is 16.6 Å². The van der Waals surface area contributed by atoms with Crippen molar-refractivity contribution in [3.8, 4) is 6.07 Å². The van der Waals surface area contributed by atoms with Crippen molar-refractivity contribution in [2.24, 2.45) is 0 Å². The molecule has 21 heavy (non-hydrogen) atoms. The number of H-pyrrole nitrogens is 1. The largest absolute Gasteiger partial charge is 0.305 e. The molecule has 3 heterocycles. The normalized spacial score (nSPS) is 12.4. The van der Waals surface area contributed by atoms with Gasteiger partial charge in [0.15, 0.2) is 5.65 Å². The first-order chi connectivity index (χ1) is 10.2. The van der Waals surface area contributed by atoms with Crippen molar-refractivity contribution < 1.29 is 0 Å². The number of thiophene rings is 1. The van der Waals surface area contributed by atoms with Crippen LogP contribution in [0.2, 0.25) is 0 Å². The number of hydrogen-bond donors (Lipinski definition) is 2. The van der Waals surface area contributed by atoms with Gasteiger partial charge in [0.05, 0.1) is 5.69 Å². The number of fused-ring (bicyclic) bond motifs is 1. The minimum Gasteiger partial charge on any atom is -0.305 e. The summed E-state index contributed by atoms with van der Waals surface area (Å²) in [5, 5.41) is 19.2. The first kappa shape index (κ1) is 13.5. The van der Waals surface area contributed by atoms with E-state index in [1.807, 2.05) is 11.4 Å². The van der Waals surface area contributed by atoms with Crippen molar-refractivity contribution >= 4 is 17.0 Å². The molecule has 0 amide bonds. The second kappa shape index (κ2) is 5.52. The van der Waals surface area contributed by atoms with E-state index in [4.69, 9.17) is 5.26 Å². The van der Waals surface area contributed by atoms with Gasteiger partial charge in [-0.25, -0.2) is 9.50 Å². The Labute approximate surface area is 124 Å². The van der Waals surface area contributed by atoms with Crippen molar-refractivity contribution in [3.05, 3.63) is 56.3 Å². The van der Waals surface area contributed by atoms with Gasteiger partial charge in [0.2, 0.25) is 0 Å². The summed E-state index contributed by atoms with van der Waals surface area (Å²) in [7, 11) is 0. The zero-order chi connectivity index (χ0) is 14.8. The molecule has 6 nitrogen and oxygen atoms in total. The average molecular weight is 299 g/mol. The Morgan fingerprint density at radius 2 is 2.48 bits per heavy atom. The number of aromatic nitrogens is 3. The molecule has 0 saturated heterocycles. The molecule has 0 aromatic carbocycles. The lowest BCUT2D eigenvalue weighted by Crippen LogP contribution is -2.22. The summed E-state index contributed by atoms with van der Waals surface area (Å²) < 4.78 is 1.27. The predicted octanol–water partition coefficient (Wildman–Crippen LogP) is 1.81. The fraction of sp³-hybridized carbons (Fsp3) is 0.214. The molecule has 0 fully saturated rings. The lowest BCUT2D eigenvalue weighted by Gasteiger charge is -2.11. The molecule has 106 valence electrons. The van der Waals surface area contributed by atoms with Gasteiger partial charge in [0.25, 0.3) is 5.56 Å². The summed E-state index contributed by atoms with van der Waals surface area (Å²) in [6, 6.07) is 5.73. The maximum Gasteiger partial charge on any atom is 0.272 e. The number of nitriles is 1. The second-order valence-corrected chi connectivity index (χ2v) is 5.48. The van der Waals surface area contributed by atoms with Crippen molar-refractivity contribution in [2.45, 2.75) is 19.5 Å². The van der Waals surface area contributed by atoms with Crippen LogP contribution in [-0.2, 0) is 6.54 Å². The van der Waals surface area contributed by atoms with Gasteiger partial charge in [-0.3, -0.25) is 9.89 Å². The van der Waals surface area contributed by atoms with Gasteiger partial charge in [0, 0.05) is 24.8 Å². The highest BCUT2D eigenvalue weighted by molar-refractivity contribution is 7.07. The summed E-state index contributed by atoms with van der Waals surface area (Å²) in [5.74, 6) is 0. The Balaban J connectivity index is 1.84. The van der Waals surface area contributed by atoms with Gasteiger partial charge in [-0.1, -0.05) is 0 Å². The van der Waals surface area contributed by atoms with E-state index in [1.165, 1.54) is 22.3 Å². The molecule has 0 aliphatic rings. The molecule has 0 spiro atoms. The van der Waals surface area contributed by atoms with Gasteiger partial charge in [-0.15, -0.1) is 0 Å². The van der Waals surface area contributed by atoms with Crippen LogP contribution in [-0.4, -0.2) is 14.6 Å². The van der Waals surface area contributed by atoms with Crippen LogP contribution in [0, 0.1) is 11.3 Å². The Bertz CT molecular complexity index is 856. The minimum atomic E-state index is -0.221. The Morgan fingerprint density at radius 3 is 3.19 bits per heavy atom. The first-order valence-corrected chi connectivity index (χ1v) is 7.39. The van der Waals surface area contributed by atoms with Crippen molar-refractivity contribution in [1.82, 2.24) is 19.9 Å². The van der Waals surface area contributed by atoms with Crippen LogP contribution in [0.15, 0.2) is 33.9 Å². The van der Waals surface area contributed by atoms with Crippen molar-refractivity contribution in [3.63, 3.8) is 0 Å². The number of rotatable bonds is 4. The zero-order valence-electron chi connectivity index (χ0n) is 11.3. The summed E-state index contributed by atoms with van der Waals surface area (Å²) in [6.07, 6.45) is 1.48. The highest BCUT2D eigenvalue weighted by atomic mass is 32.1. The standard InChI is InChI=1S/C14H13N5OS/c1-9(10-2-3-21-8-10)16-7-12-4-13(20)19-14(18-12)11(5-15)6-17-19/h2-4,6,8-9,16-17H,7H2,1H3. The van der Waals surface area contributed by atoms with Gasteiger partial charge in [0.1, 0.15) is 11.6 Å². The van der Waals surface area contributed by atoms with E-state index >= 15 is 0 Å². The van der Waals surface area contributed by atoms with Gasteiger partial charge < -0.3 is 5.32 Å². The molecule has 0 saturated carbocycles. The average Bonchev–Trinajstić information content (AvgIpc) is 3.14. The van der Waals surface area contributed by atoms with Crippen molar-refractivity contribution in [1.29, 1.82) is 5.26 Å². The molecular formula is C14H13N5OS. The molecule has 3 aromatic heterocycles. The highest BCUT2D eigenvalue weighted by Gasteiger charge is 2.10. The van der Waals surface area contributed by atoms with Crippen LogP contribution in [0.5, 0.6) is 0 Å². The summed E-state index contributed by atoms with van der Waals surface area (Å²) in [5.41, 5.74) is 2.33. The monoisotopic (exact) mass is 299 g/mol. The number of nitrogens with zero attached hydrogens (tertiary/aromatic N) is 3. The van der Waals surface area contributed by atoms with E-state index in [-0.39, 0.29) is 11.6 Å². The third kappa shape index (κ3) is 2.59. The van der Waals surface area contributed by atoms with Crippen LogP contribution in [0.25, 0.3) is 5.65 Å². The third-order valence-electron chi connectivity index (χ3n) is 3.30. The third-order valence-corrected chi connectivity index (χ3v) is 4.01. The highest BCUT2D eigenvalue weighted by Crippen LogP contribution is 2.16. The maximum atomic E-state index is 12.0. The molecule has 3 rings (SSSR count). The van der Waals surface area contributed by atoms with E-state index in [2.05, 4.69) is 33.8 Å². The quantitative estimate of drug-likeness (QED) is 0.769. The Morgan fingerprint density at radius 1 is 1.62 bits per heavy atom. The van der Waals surface area contributed by atoms with Gasteiger partial charge >= 0.3 is 0 Å². The summed E-state index contributed by atoms with van der Waals surface area (Å²) >= 11 is 1.65. The topological polar surface area (TPSA) is 86.0 Å². The molecule has 0 bridgehead atoms. The molecule has 0 aliphatic carbocycles. The number of nitrogens with one attached hydrogen (secondary N) is 2. The summed E-state index contributed by atoms with van der Waals surface area (Å²) in [6.45, 7) is 2.53. The fourth-order valence-corrected chi connectivity index (χ4v) is 2.85. The van der Waals surface area contributed by atoms with Crippen LogP contribution >= 0.6 is 11.3 Å². The molecule has 1 unspecified atom stereocenters. The molecular weight excluding hydrogens is 286 g/mol. The lowest BCUT2D eigenvalue weighted by molar-refractivity contribution is 0.568. The Kier molecular flexibility index (Phi) is 3.56. The molecule has 0 radical (unpaired) electrons. The van der Waals surface area contributed by atoms with E-state index in [0.29, 0.717) is 23.4 Å². The predicted molar refractivity (Wildman–Crippen MR) is 80.1 cm³/mol. The van der Waals surface area contributed by atoms with Crippen LogP contribution in [0.3, 0.4) is 0 Å². The molecule has 0 aliphatic heterocycles. The summed E-state index contributed by atoms with van der Waals surface area (Å²) in [4.78, 5) is 16.3. The van der Waals surface area contributed by atoms with Crippen LogP contribution < -0.4 is 10.9 Å². The van der Waals surface area contributed by atoms with Crippen LogP contribution in [0.1, 0.15) is 29.8 Å². The SMILES string of the molecule is CC(NCc1cc(=O)n2[nH]cc(C#N)c2n1)c1ccsc1. The first-order valence-electron chi connectivity index (χ1n) is 6.44. The minimum absolute atomic E-state index is 0.179. The second-order valence-electron chi connectivity index (χ2n) is 4.70. The van der Waals surface area contributed by atoms with E-state index in [1.54, 1.807) is 11.3 Å².